The second-order valence-electron chi connectivity index (χ2n) is 7.54. The predicted molar refractivity (Wildman–Crippen MR) is 101 cm³/mol. The molecule has 0 bridgehead atoms. The maximum absolute atomic E-state index is 4.92. The molecule has 0 aromatic carbocycles. The van der Waals surface area contributed by atoms with Crippen LogP contribution in [0.2, 0.25) is 0 Å². The molecule has 0 saturated heterocycles. The van der Waals surface area contributed by atoms with E-state index >= 15 is 0 Å². The quantitative estimate of drug-likeness (QED) is 0.581. The highest BCUT2D eigenvalue weighted by atomic mass is 14.9. The summed E-state index contributed by atoms with van der Waals surface area (Å²) in [6, 6.07) is 6.13. The zero-order valence-corrected chi connectivity index (χ0v) is 15.7. The summed E-state index contributed by atoms with van der Waals surface area (Å²) in [4.78, 5) is 13.6. The van der Waals surface area contributed by atoms with Crippen molar-refractivity contribution >= 4 is 0 Å². The number of hydrogen-bond donors (Lipinski definition) is 0. The van der Waals surface area contributed by atoms with E-state index in [9.17, 15) is 0 Å². The summed E-state index contributed by atoms with van der Waals surface area (Å²) in [5, 5.41) is 0. The monoisotopic (exact) mass is 325 g/mol. The van der Waals surface area contributed by atoms with Gasteiger partial charge in [0, 0.05) is 23.5 Å². The Morgan fingerprint density at radius 1 is 0.875 bits per heavy atom. The van der Waals surface area contributed by atoms with Crippen LogP contribution in [0, 0.1) is 0 Å². The van der Waals surface area contributed by atoms with Crippen LogP contribution in [0.1, 0.15) is 77.5 Å². The molecule has 3 heteroatoms. The maximum atomic E-state index is 4.92. The highest BCUT2D eigenvalue weighted by Crippen LogP contribution is 2.27. The fraction of sp³-hybridized carbons (Fsp3) is 0.571. The van der Waals surface area contributed by atoms with Crippen molar-refractivity contribution in [1.29, 1.82) is 0 Å². The van der Waals surface area contributed by atoms with E-state index in [0.29, 0.717) is 5.82 Å². The summed E-state index contributed by atoms with van der Waals surface area (Å²) in [6.45, 7) is 8.96. The summed E-state index contributed by atoms with van der Waals surface area (Å²) >= 11 is 0. The number of aromatic nitrogens is 3. The van der Waals surface area contributed by atoms with Crippen molar-refractivity contribution in [1.82, 2.24) is 15.0 Å². The minimum absolute atomic E-state index is 0.0301. The Morgan fingerprint density at radius 3 is 2.21 bits per heavy atom. The first-order valence-electron chi connectivity index (χ1n) is 9.30. The lowest BCUT2D eigenvalue weighted by Crippen LogP contribution is -2.17. The molecule has 0 aliphatic carbocycles. The van der Waals surface area contributed by atoms with Gasteiger partial charge in [0.25, 0.3) is 0 Å². The Kier molecular flexibility index (Phi) is 6.89. The van der Waals surface area contributed by atoms with Gasteiger partial charge in [-0.05, 0) is 30.5 Å². The van der Waals surface area contributed by atoms with Gasteiger partial charge in [0.1, 0.15) is 5.69 Å². The smallest absolute Gasteiger partial charge is 0.178 e. The average molecular weight is 326 g/mol. The van der Waals surface area contributed by atoms with Gasteiger partial charge in [-0.3, -0.25) is 0 Å². The van der Waals surface area contributed by atoms with Crippen LogP contribution in [-0.2, 0) is 11.8 Å². The van der Waals surface area contributed by atoms with Crippen molar-refractivity contribution < 1.29 is 0 Å². The van der Waals surface area contributed by atoms with Crippen LogP contribution in [0.4, 0.5) is 0 Å². The third-order valence-electron chi connectivity index (χ3n) is 4.28. The Balaban J connectivity index is 2.10. The molecule has 0 saturated carbocycles. The average Bonchev–Trinajstić information content (AvgIpc) is 2.58. The third-order valence-corrected chi connectivity index (χ3v) is 4.28. The number of hydrogen-bond acceptors (Lipinski definition) is 3. The van der Waals surface area contributed by atoms with E-state index in [2.05, 4.69) is 49.8 Å². The molecule has 2 heterocycles. The standard InChI is InChI=1S/C21H31N3/c1-5-6-7-8-9-10-12-17-13-14-18(20-22-15-11-16-23-20)24-19(17)21(2,3)4/h11,13-16H,5-10,12H2,1-4H3. The highest BCUT2D eigenvalue weighted by Gasteiger charge is 2.21. The zero-order valence-electron chi connectivity index (χ0n) is 15.7. The molecule has 2 aromatic heterocycles. The van der Waals surface area contributed by atoms with Gasteiger partial charge in [0.05, 0.1) is 0 Å². The first-order chi connectivity index (χ1) is 11.5. The van der Waals surface area contributed by atoms with Gasteiger partial charge >= 0.3 is 0 Å². The molecule has 0 radical (unpaired) electrons. The summed E-state index contributed by atoms with van der Waals surface area (Å²) in [5.41, 5.74) is 3.45. The second kappa shape index (κ2) is 8.91. The largest absolute Gasteiger partial charge is 0.249 e. The zero-order chi connectivity index (χ0) is 17.4. The minimum atomic E-state index is 0.0301. The molecule has 0 aliphatic heterocycles. The molecule has 0 unspecified atom stereocenters. The van der Waals surface area contributed by atoms with Crippen LogP contribution in [0.5, 0.6) is 0 Å². The van der Waals surface area contributed by atoms with Crippen LogP contribution in [-0.4, -0.2) is 15.0 Å². The normalized spacial score (nSPS) is 11.7. The number of unbranched alkanes of at least 4 members (excludes halogenated alkanes) is 5. The van der Waals surface area contributed by atoms with E-state index in [-0.39, 0.29) is 5.41 Å². The van der Waals surface area contributed by atoms with Crippen molar-refractivity contribution in [2.75, 3.05) is 0 Å². The Hall–Kier alpha value is -1.77. The molecule has 3 nitrogen and oxygen atoms in total. The molecule has 0 amide bonds. The van der Waals surface area contributed by atoms with Gasteiger partial charge < -0.3 is 0 Å². The predicted octanol–water partition coefficient (Wildman–Crippen LogP) is 5.74. The lowest BCUT2D eigenvalue weighted by Gasteiger charge is -2.22. The molecule has 0 atom stereocenters. The lowest BCUT2D eigenvalue weighted by atomic mass is 9.86. The molecular formula is C21H31N3. The van der Waals surface area contributed by atoms with Crippen LogP contribution in [0.25, 0.3) is 11.5 Å². The van der Waals surface area contributed by atoms with Crippen molar-refractivity contribution in [3.63, 3.8) is 0 Å². The molecule has 130 valence electrons. The van der Waals surface area contributed by atoms with Crippen molar-refractivity contribution in [3.05, 3.63) is 41.9 Å². The fourth-order valence-corrected chi connectivity index (χ4v) is 2.99. The summed E-state index contributed by atoms with van der Waals surface area (Å²) in [7, 11) is 0. The summed E-state index contributed by atoms with van der Waals surface area (Å²) < 4.78 is 0. The van der Waals surface area contributed by atoms with Crippen LogP contribution in [0.3, 0.4) is 0 Å². The SMILES string of the molecule is CCCCCCCCc1ccc(-c2ncccn2)nc1C(C)(C)C. The fourth-order valence-electron chi connectivity index (χ4n) is 2.99. The van der Waals surface area contributed by atoms with Crippen LogP contribution < -0.4 is 0 Å². The number of rotatable bonds is 8. The van der Waals surface area contributed by atoms with Crippen LogP contribution >= 0.6 is 0 Å². The molecule has 0 spiro atoms. The number of aryl methyl sites for hydroxylation is 1. The van der Waals surface area contributed by atoms with Crippen molar-refractivity contribution in [2.45, 2.75) is 78.1 Å². The highest BCUT2D eigenvalue weighted by molar-refractivity contribution is 5.50. The van der Waals surface area contributed by atoms with Gasteiger partial charge in [-0.15, -0.1) is 0 Å². The number of nitrogens with zero attached hydrogens (tertiary/aromatic N) is 3. The molecule has 0 aliphatic rings. The number of pyridine rings is 1. The Bertz CT molecular complexity index is 615. The second-order valence-corrected chi connectivity index (χ2v) is 7.54. The molecule has 2 aromatic rings. The Labute approximate surface area is 147 Å². The first-order valence-corrected chi connectivity index (χ1v) is 9.30. The topological polar surface area (TPSA) is 38.7 Å². The van der Waals surface area contributed by atoms with E-state index in [1.807, 2.05) is 6.07 Å². The van der Waals surface area contributed by atoms with Crippen molar-refractivity contribution in [2.24, 2.45) is 0 Å². The van der Waals surface area contributed by atoms with Gasteiger partial charge in [-0.25, -0.2) is 15.0 Å². The van der Waals surface area contributed by atoms with E-state index < -0.39 is 0 Å². The molecular weight excluding hydrogens is 294 g/mol. The van der Waals surface area contributed by atoms with Crippen molar-refractivity contribution in [3.8, 4) is 11.5 Å². The van der Waals surface area contributed by atoms with Gasteiger partial charge in [0.15, 0.2) is 5.82 Å². The molecule has 24 heavy (non-hydrogen) atoms. The van der Waals surface area contributed by atoms with Gasteiger partial charge in [-0.1, -0.05) is 65.9 Å². The van der Waals surface area contributed by atoms with E-state index in [1.165, 1.54) is 49.8 Å². The summed E-state index contributed by atoms with van der Waals surface area (Å²) in [5.74, 6) is 0.703. The van der Waals surface area contributed by atoms with Gasteiger partial charge in [-0.2, -0.15) is 0 Å². The van der Waals surface area contributed by atoms with Crippen LogP contribution in [0.15, 0.2) is 30.6 Å². The third kappa shape index (κ3) is 5.40. The molecule has 2 rings (SSSR count). The maximum Gasteiger partial charge on any atom is 0.178 e. The summed E-state index contributed by atoms with van der Waals surface area (Å²) in [6.07, 6.45) is 12.6. The molecule has 0 N–H and O–H groups in total. The van der Waals surface area contributed by atoms with Gasteiger partial charge in [0.2, 0.25) is 0 Å². The van der Waals surface area contributed by atoms with E-state index in [0.717, 1.165) is 12.1 Å². The van der Waals surface area contributed by atoms with E-state index in [4.69, 9.17) is 4.98 Å². The first kappa shape index (κ1) is 18.6. The Morgan fingerprint density at radius 2 is 1.54 bits per heavy atom. The minimum Gasteiger partial charge on any atom is -0.249 e. The van der Waals surface area contributed by atoms with E-state index in [1.54, 1.807) is 12.4 Å². The molecule has 0 fully saturated rings. The lowest BCUT2D eigenvalue weighted by molar-refractivity contribution is 0.553.